The van der Waals surface area contributed by atoms with E-state index in [9.17, 15) is 13.2 Å². The molecule has 0 aromatic carbocycles. The van der Waals surface area contributed by atoms with Crippen LogP contribution in [0.5, 0.6) is 0 Å². The lowest BCUT2D eigenvalue weighted by Crippen LogP contribution is -2.25. The average Bonchev–Trinajstić information content (AvgIpc) is 2.49. The minimum Gasteiger partial charge on any atom is -0.299 e. The zero-order valence-electron chi connectivity index (χ0n) is 8.28. The van der Waals surface area contributed by atoms with Crippen LogP contribution in [0.15, 0.2) is 0 Å². The van der Waals surface area contributed by atoms with Gasteiger partial charge in [0.2, 0.25) is 0 Å². The Hall–Kier alpha value is -0.420. The number of Topliss-reactive ketones (excluding diaryl/α,β-unsaturated/α-hetero) is 1. The largest absolute Gasteiger partial charge is 0.299 e. The van der Waals surface area contributed by atoms with Crippen LogP contribution < -0.4 is 0 Å². The minimum absolute atomic E-state index is 0.00475. The molecule has 1 N–H and O–H groups in total. The predicted molar refractivity (Wildman–Crippen MR) is 50.4 cm³/mol. The highest BCUT2D eigenvalue weighted by molar-refractivity contribution is 7.85. The van der Waals surface area contributed by atoms with E-state index in [0.717, 1.165) is 0 Å². The lowest BCUT2D eigenvalue weighted by Gasteiger charge is -2.13. The highest BCUT2D eigenvalue weighted by Gasteiger charge is 2.75. The Bertz CT molecular complexity index is 399. The third-order valence-electron chi connectivity index (χ3n) is 4.18. The molecule has 4 nitrogen and oxygen atoms in total. The summed E-state index contributed by atoms with van der Waals surface area (Å²) < 4.78 is 30.4. The molecule has 2 aliphatic carbocycles. The van der Waals surface area contributed by atoms with Crippen LogP contribution in [0.1, 0.15) is 26.7 Å². The van der Waals surface area contributed by atoms with Crippen molar-refractivity contribution in [3.05, 3.63) is 0 Å². The molecule has 1 unspecified atom stereocenters. The van der Waals surface area contributed by atoms with Gasteiger partial charge in [0, 0.05) is 6.42 Å². The lowest BCUT2D eigenvalue weighted by molar-refractivity contribution is -0.122. The monoisotopic (exact) mass is 218 g/mol. The second-order valence-electron chi connectivity index (χ2n) is 4.93. The number of rotatable bonds is 2. The van der Waals surface area contributed by atoms with E-state index in [-0.39, 0.29) is 22.9 Å². The summed E-state index contributed by atoms with van der Waals surface area (Å²) in [6, 6.07) is 0. The van der Waals surface area contributed by atoms with Crippen molar-refractivity contribution in [1.29, 1.82) is 0 Å². The molecule has 2 fully saturated rings. The fraction of sp³-hybridized carbons (Fsp3) is 0.889. The number of hydrogen-bond acceptors (Lipinski definition) is 3. The standard InChI is InChI=1S/C9H14O4S/c1-6-3-7(10)9(4-8(6,9)2)5-14(11,12)13/h6H,3-5H2,1-2H3,(H,11,12,13)/t6-,8?,9-/m0/s1. The van der Waals surface area contributed by atoms with Crippen molar-refractivity contribution in [1.82, 2.24) is 0 Å². The number of carbonyl (C=O) groups is 1. The maximum absolute atomic E-state index is 11.7. The van der Waals surface area contributed by atoms with Crippen LogP contribution in [0.25, 0.3) is 0 Å². The van der Waals surface area contributed by atoms with Crippen molar-refractivity contribution >= 4 is 15.9 Å². The van der Waals surface area contributed by atoms with Gasteiger partial charge in [-0.05, 0) is 17.8 Å². The lowest BCUT2D eigenvalue weighted by atomic mass is 9.92. The van der Waals surface area contributed by atoms with Crippen molar-refractivity contribution in [2.24, 2.45) is 16.7 Å². The summed E-state index contributed by atoms with van der Waals surface area (Å²) in [4.78, 5) is 11.7. The molecule has 0 aliphatic heterocycles. The van der Waals surface area contributed by atoms with Gasteiger partial charge in [0.15, 0.2) is 0 Å². The second kappa shape index (κ2) is 2.39. The van der Waals surface area contributed by atoms with Crippen molar-refractivity contribution in [3.63, 3.8) is 0 Å². The third kappa shape index (κ3) is 1.08. The van der Waals surface area contributed by atoms with Gasteiger partial charge in [-0.2, -0.15) is 8.42 Å². The van der Waals surface area contributed by atoms with Gasteiger partial charge in [-0.1, -0.05) is 13.8 Å². The van der Waals surface area contributed by atoms with E-state index in [1.807, 2.05) is 13.8 Å². The van der Waals surface area contributed by atoms with Gasteiger partial charge in [-0.25, -0.2) is 0 Å². The summed E-state index contributed by atoms with van der Waals surface area (Å²) in [5, 5.41) is 0. The molecule has 0 aromatic rings. The molecule has 0 heterocycles. The van der Waals surface area contributed by atoms with Crippen LogP contribution in [0.3, 0.4) is 0 Å². The van der Waals surface area contributed by atoms with Gasteiger partial charge in [-0.15, -0.1) is 0 Å². The Morgan fingerprint density at radius 2 is 2.14 bits per heavy atom. The summed E-state index contributed by atoms with van der Waals surface area (Å²) >= 11 is 0. The van der Waals surface area contributed by atoms with Gasteiger partial charge in [0.25, 0.3) is 10.1 Å². The smallest absolute Gasteiger partial charge is 0.265 e. The van der Waals surface area contributed by atoms with Crippen molar-refractivity contribution < 1.29 is 17.8 Å². The van der Waals surface area contributed by atoms with E-state index < -0.39 is 15.5 Å². The predicted octanol–water partition coefficient (Wildman–Crippen LogP) is 0.879. The van der Waals surface area contributed by atoms with Crippen LogP contribution in [0.2, 0.25) is 0 Å². The van der Waals surface area contributed by atoms with E-state index >= 15 is 0 Å². The Morgan fingerprint density at radius 1 is 1.57 bits per heavy atom. The second-order valence-corrected chi connectivity index (χ2v) is 6.38. The van der Waals surface area contributed by atoms with E-state index in [4.69, 9.17) is 4.55 Å². The highest BCUT2D eigenvalue weighted by atomic mass is 32.2. The number of carbonyl (C=O) groups excluding carboxylic acids is 1. The molecular weight excluding hydrogens is 204 g/mol. The maximum atomic E-state index is 11.7. The minimum atomic E-state index is -4.04. The summed E-state index contributed by atoms with van der Waals surface area (Å²) in [7, 11) is -4.04. The molecule has 0 spiro atoms. The molecule has 2 aliphatic rings. The summed E-state index contributed by atoms with van der Waals surface area (Å²) in [5.74, 6) is -0.151. The summed E-state index contributed by atoms with van der Waals surface area (Å²) in [5.41, 5.74) is -0.958. The average molecular weight is 218 g/mol. The molecule has 5 heteroatoms. The van der Waals surface area contributed by atoms with Crippen LogP contribution >= 0.6 is 0 Å². The number of hydrogen-bond donors (Lipinski definition) is 1. The van der Waals surface area contributed by atoms with Gasteiger partial charge in [-0.3, -0.25) is 9.35 Å². The van der Waals surface area contributed by atoms with Crippen molar-refractivity contribution in [3.8, 4) is 0 Å². The first-order valence-electron chi connectivity index (χ1n) is 4.70. The van der Waals surface area contributed by atoms with Crippen LogP contribution in [-0.2, 0) is 14.9 Å². The molecule has 0 radical (unpaired) electrons. The zero-order valence-corrected chi connectivity index (χ0v) is 9.10. The summed E-state index contributed by atoms with van der Waals surface area (Å²) in [6.45, 7) is 3.91. The van der Waals surface area contributed by atoms with Gasteiger partial charge in [0.05, 0.1) is 11.2 Å². The molecule has 2 saturated carbocycles. The topological polar surface area (TPSA) is 71.4 Å². The Morgan fingerprint density at radius 3 is 2.43 bits per heavy atom. The maximum Gasteiger partial charge on any atom is 0.265 e. The van der Waals surface area contributed by atoms with E-state index in [1.165, 1.54) is 0 Å². The van der Waals surface area contributed by atoms with Gasteiger partial charge >= 0.3 is 0 Å². The third-order valence-corrected chi connectivity index (χ3v) is 5.04. The molecule has 0 amide bonds. The Balaban J connectivity index is 2.33. The highest BCUT2D eigenvalue weighted by Crippen LogP contribution is 2.73. The van der Waals surface area contributed by atoms with Gasteiger partial charge in [0.1, 0.15) is 5.78 Å². The molecule has 0 bridgehead atoms. The van der Waals surface area contributed by atoms with Crippen molar-refractivity contribution in [2.75, 3.05) is 5.75 Å². The Labute approximate surface area is 83.4 Å². The first-order valence-corrected chi connectivity index (χ1v) is 6.31. The van der Waals surface area contributed by atoms with Crippen LogP contribution in [0.4, 0.5) is 0 Å². The quantitative estimate of drug-likeness (QED) is 0.698. The fourth-order valence-electron chi connectivity index (χ4n) is 2.95. The Kier molecular flexibility index (Phi) is 1.72. The normalized spacial score (nSPS) is 46.5. The molecule has 0 saturated heterocycles. The summed E-state index contributed by atoms with van der Waals surface area (Å²) in [6.07, 6.45) is 1.06. The zero-order chi connectivity index (χ0) is 10.8. The van der Waals surface area contributed by atoms with E-state index in [0.29, 0.717) is 12.8 Å². The first-order chi connectivity index (χ1) is 6.21. The molecule has 14 heavy (non-hydrogen) atoms. The molecule has 80 valence electrons. The molecule has 2 rings (SSSR count). The fourth-order valence-corrected chi connectivity index (χ4v) is 4.17. The van der Waals surface area contributed by atoms with E-state index in [2.05, 4.69) is 0 Å². The van der Waals surface area contributed by atoms with Crippen LogP contribution in [-0.4, -0.2) is 24.5 Å². The first kappa shape index (κ1) is 10.1. The van der Waals surface area contributed by atoms with Crippen LogP contribution in [0, 0.1) is 16.7 Å². The SMILES string of the molecule is C[C@H]1CC(=O)[C@@]2(CS(=O)(=O)O)CC12C. The molecule has 0 aromatic heterocycles. The number of ketones is 1. The molecule has 3 atom stereocenters. The van der Waals surface area contributed by atoms with Gasteiger partial charge < -0.3 is 0 Å². The van der Waals surface area contributed by atoms with E-state index in [1.54, 1.807) is 0 Å². The number of fused-ring (bicyclic) bond motifs is 1. The molecular formula is C9H14O4S. The van der Waals surface area contributed by atoms with Crippen molar-refractivity contribution in [2.45, 2.75) is 26.7 Å².